The van der Waals surface area contributed by atoms with Crippen LogP contribution in [0.1, 0.15) is 32.1 Å². The van der Waals surface area contributed by atoms with E-state index in [0.717, 1.165) is 19.3 Å². The normalized spacial score (nSPS) is 11.3. The van der Waals surface area contributed by atoms with Gasteiger partial charge in [0.25, 0.3) is 0 Å². The smallest absolute Gasteiger partial charge is 0 e. The van der Waals surface area contributed by atoms with E-state index in [-0.39, 0.29) is 39.5 Å². The van der Waals surface area contributed by atoms with Crippen molar-refractivity contribution in [3.8, 4) is 12.3 Å². The molecule has 0 aromatic carbocycles. The summed E-state index contributed by atoms with van der Waals surface area (Å²) in [6.07, 6.45) is 9.79. The SMILES string of the molecule is C#CCC1CCCCC1=O.[C-]#[O+].[C-]#[O+].[C-]#[O+].[C-]#[O+].[C-]#[O+].[C-]#[O+].[Co].[Co]. The molecule has 1 saturated carbocycles. The predicted molar refractivity (Wildman–Crippen MR) is 64.0 cm³/mol. The maximum absolute atomic E-state index is 11.1. The first kappa shape index (κ1) is 49.5. The van der Waals surface area contributed by atoms with Gasteiger partial charge in [0, 0.05) is 52.3 Å². The van der Waals surface area contributed by atoms with E-state index in [0.29, 0.717) is 12.2 Å². The molecule has 0 heterocycles. The van der Waals surface area contributed by atoms with Crippen molar-refractivity contribution in [1.82, 2.24) is 0 Å². The summed E-state index contributed by atoms with van der Waals surface area (Å²) >= 11 is 0. The minimum atomic E-state index is 0. The molecule has 1 rings (SSSR count). The molecule has 0 bridgehead atoms. The summed E-state index contributed by atoms with van der Waals surface area (Å²) in [5.74, 6) is 3.12. The molecule has 7 nitrogen and oxygen atoms in total. The van der Waals surface area contributed by atoms with Gasteiger partial charge in [0.2, 0.25) is 0 Å². The van der Waals surface area contributed by atoms with E-state index in [1.54, 1.807) is 0 Å². The maximum atomic E-state index is 11.1. The first-order chi connectivity index (χ1) is 10.8. The number of ketones is 1. The van der Waals surface area contributed by atoms with Crippen molar-refractivity contribution in [2.75, 3.05) is 0 Å². The third-order valence-electron chi connectivity index (χ3n) is 2.05. The van der Waals surface area contributed by atoms with Crippen LogP contribution in [0.15, 0.2) is 0 Å². The third-order valence-corrected chi connectivity index (χ3v) is 2.05. The van der Waals surface area contributed by atoms with Gasteiger partial charge in [-0.3, -0.25) is 4.79 Å². The Morgan fingerprint density at radius 3 is 1.42 bits per heavy atom. The summed E-state index contributed by atoms with van der Waals surface area (Å²) in [5.41, 5.74) is 0. The average Bonchev–Trinajstić information content (AvgIpc) is 2.67. The Labute approximate surface area is 162 Å². The molecule has 1 aliphatic rings. The van der Waals surface area contributed by atoms with E-state index < -0.39 is 0 Å². The molecule has 0 aromatic heterocycles. The van der Waals surface area contributed by atoms with E-state index in [4.69, 9.17) is 34.3 Å². The van der Waals surface area contributed by atoms with Gasteiger partial charge in [0.05, 0.1) is 0 Å². The summed E-state index contributed by atoms with van der Waals surface area (Å²) in [5, 5.41) is 0. The van der Waals surface area contributed by atoms with Crippen molar-refractivity contribution in [3.63, 3.8) is 0 Å². The second kappa shape index (κ2) is 81.3. The van der Waals surface area contributed by atoms with E-state index in [1.807, 2.05) is 0 Å². The molecule has 132 valence electrons. The molecule has 0 spiro atoms. The molecule has 24 heavy (non-hydrogen) atoms. The van der Waals surface area contributed by atoms with Crippen molar-refractivity contribution in [2.24, 2.45) is 5.92 Å². The Kier molecular flexibility index (Phi) is 168. The Bertz CT molecular complexity index is 340. The number of hydrogen-bond acceptors (Lipinski definition) is 1. The van der Waals surface area contributed by atoms with Crippen LogP contribution >= 0.6 is 0 Å². The summed E-state index contributed by atoms with van der Waals surface area (Å²) in [4.78, 5) is 11.1. The van der Waals surface area contributed by atoms with Gasteiger partial charge < -0.3 is 0 Å². The zero-order chi connectivity index (χ0) is 19.4. The second-order valence-corrected chi connectivity index (χ2v) is 2.82. The summed E-state index contributed by atoms with van der Waals surface area (Å²) in [7, 11) is 0. The largest absolute Gasteiger partial charge is 0 e. The van der Waals surface area contributed by atoms with Gasteiger partial charge in [0.15, 0.2) is 0 Å². The van der Waals surface area contributed by atoms with Crippen LogP contribution in [0, 0.1) is 58.2 Å². The van der Waals surface area contributed by atoms with Crippen LogP contribution < -0.4 is 0 Å². The minimum Gasteiger partial charge on any atom is 0 e. The second-order valence-electron chi connectivity index (χ2n) is 2.82. The molecule has 0 N–H and O–H groups in total. The van der Waals surface area contributed by atoms with Gasteiger partial charge in [-0.15, -0.1) is 12.3 Å². The molecule has 0 aromatic rings. The molecule has 1 unspecified atom stereocenters. The van der Waals surface area contributed by atoms with Crippen molar-refractivity contribution in [2.45, 2.75) is 32.1 Å². The zero-order valence-corrected chi connectivity index (χ0v) is 14.3. The summed E-state index contributed by atoms with van der Waals surface area (Å²) in [6, 6.07) is 0. The number of carbonyl (C=O) groups excluding carboxylic acids is 1. The van der Waals surface area contributed by atoms with Crippen LogP contribution in [0.3, 0.4) is 0 Å². The Balaban J connectivity index is -0.0000000263. The average molecular weight is 422 g/mol. The first-order valence-electron chi connectivity index (χ1n) is 5.03. The van der Waals surface area contributed by atoms with Gasteiger partial charge in [-0.25, -0.2) is 0 Å². The van der Waals surface area contributed by atoms with Crippen molar-refractivity contribution in [1.29, 1.82) is 0 Å². The topological polar surface area (TPSA) is 136 Å². The number of rotatable bonds is 1. The molecular weight excluding hydrogens is 410 g/mol. The molecular formula is C15H12Co2O7. The summed E-state index contributed by atoms with van der Waals surface area (Å²) < 4.78 is 45.0. The van der Waals surface area contributed by atoms with Crippen LogP contribution in [0.25, 0.3) is 0 Å². The Morgan fingerprint density at radius 1 is 0.833 bits per heavy atom. The van der Waals surface area contributed by atoms with Gasteiger partial charge in [-0.1, -0.05) is 6.42 Å². The number of carbonyl (C=O) groups is 1. The quantitative estimate of drug-likeness (QED) is 0.354. The van der Waals surface area contributed by atoms with E-state index >= 15 is 0 Å². The fourth-order valence-electron chi connectivity index (χ4n) is 1.41. The van der Waals surface area contributed by atoms with Gasteiger partial charge >= 0.3 is 67.8 Å². The molecule has 0 aliphatic heterocycles. The molecule has 2 radical (unpaired) electrons. The summed E-state index contributed by atoms with van der Waals surface area (Å²) in [6.45, 7) is 27.0. The first-order valence-corrected chi connectivity index (χ1v) is 5.03. The van der Waals surface area contributed by atoms with Crippen LogP contribution in [-0.2, 0) is 66.3 Å². The fraction of sp³-hybridized carbons (Fsp3) is 0.400. The molecule has 9 heteroatoms. The molecule has 1 atom stereocenters. The fourth-order valence-corrected chi connectivity index (χ4v) is 1.41. The Morgan fingerprint density at radius 2 is 1.17 bits per heavy atom. The van der Waals surface area contributed by atoms with Crippen molar-refractivity contribution in [3.05, 3.63) is 39.9 Å². The number of hydrogen-bond donors (Lipinski definition) is 0. The molecule has 0 amide bonds. The standard InChI is InChI=1S/C9H12O.6CO.2Co/c1-2-5-8-6-3-4-7-9(8)10;6*1-2;;/h1,8H,3-7H2;;;;;;;;. The predicted octanol–water partition coefficient (Wildman–Crippen LogP) is 1.54. The minimum absolute atomic E-state index is 0. The monoisotopic (exact) mass is 422 g/mol. The van der Waals surface area contributed by atoms with Gasteiger partial charge in [-0.05, 0) is 12.8 Å². The van der Waals surface area contributed by atoms with Crippen molar-refractivity contribution < 1.29 is 66.3 Å². The van der Waals surface area contributed by atoms with Gasteiger partial charge in [-0.2, -0.15) is 0 Å². The van der Waals surface area contributed by atoms with E-state index in [2.05, 4.69) is 45.8 Å². The van der Waals surface area contributed by atoms with Crippen LogP contribution in [0.2, 0.25) is 0 Å². The zero-order valence-electron chi connectivity index (χ0n) is 12.2. The maximum Gasteiger partial charge on any atom is 0 e. The molecule has 1 fully saturated rings. The van der Waals surface area contributed by atoms with Crippen LogP contribution in [0.5, 0.6) is 0 Å². The van der Waals surface area contributed by atoms with Crippen LogP contribution in [-0.4, -0.2) is 5.78 Å². The van der Waals surface area contributed by atoms with Crippen LogP contribution in [0.4, 0.5) is 0 Å². The third kappa shape index (κ3) is 49.8. The van der Waals surface area contributed by atoms with E-state index in [9.17, 15) is 4.79 Å². The molecule has 1 aliphatic carbocycles. The number of Topliss-reactive ketones (excluding diaryl/α,β-unsaturated/α-hetero) is 1. The van der Waals surface area contributed by atoms with E-state index in [1.165, 1.54) is 6.42 Å². The number of terminal acetylenes is 1. The van der Waals surface area contributed by atoms with Gasteiger partial charge in [0.1, 0.15) is 5.78 Å². The Hall–Kier alpha value is -1.32. The van der Waals surface area contributed by atoms with Crippen molar-refractivity contribution >= 4 is 5.78 Å². The molecule has 0 saturated heterocycles.